The number of hydrogen-bond donors (Lipinski definition) is 2. The predicted molar refractivity (Wildman–Crippen MR) is 77.9 cm³/mol. The summed E-state index contributed by atoms with van der Waals surface area (Å²) in [5.41, 5.74) is -1.77. The zero-order valence-electron chi connectivity index (χ0n) is 10.3. The molecule has 6 nitrogen and oxygen atoms in total. The second-order valence-electron chi connectivity index (χ2n) is 4.34. The molecule has 1 fully saturated rings. The minimum Gasteiger partial charge on any atom is -0.384 e. The number of aromatic amines is 1. The Morgan fingerprint density at radius 1 is 1.52 bits per heavy atom. The molecule has 3 atom stereocenters. The van der Waals surface area contributed by atoms with Gasteiger partial charge >= 0.3 is 11.6 Å². The minimum atomic E-state index is -3.67. The highest BCUT2D eigenvalue weighted by Crippen LogP contribution is 2.42. The van der Waals surface area contributed by atoms with Gasteiger partial charge in [-0.3, -0.25) is 14.3 Å². The Hall–Kier alpha value is -0.840. The topological polar surface area (TPSA) is 84.3 Å². The monoisotopic (exact) mass is 430 g/mol. The highest BCUT2D eigenvalue weighted by Gasteiger charge is 2.59. The van der Waals surface area contributed by atoms with Gasteiger partial charge in [-0.1, -0.05) is 31.9 Å². The highest BCUT2D eigenvalue weighted by atomic mass is 79.9. The predicted octanol–water partition coefficient (Wildman–Crippen LogP) is 1.19. The first-order chi connectivity index (χ1) is 9.82. The van der Waals surface area contributed by atoms with Crippen LogP contribution in [-0.4, -0.2) is 38.1 Å². The summed E-state index contributed by atoms with van der Waals surface area (Å²) in [7, 11) is 0. The number of alkyl halides is 3. The summed E-state index contributed by atoms with van der Waals surface area (Å²) in [5.74, 6) is -3.67. The summed E-state index contributed by atoms with van der Waals surface area (Å²) >= 11 is 5.91. The Labute approximate surface area is 133 Å². The molecule has 0 unspecified atom stereocenters. The molecular weight excluding hydrogens is 422 g/mol. The van der Waals surface area contributed by atoms with Crippen LogP contribution in [0.1, 0.15) is 11.8 Å². The molecule has 116 valence electrons. The van der Waals surface area contributed by atoms with E-state index in [1.165, 1.54) is 11.1 Å². The molecule has 1 aliphatic heterocycles. The number of rotatable bonds is 3. The Kier molecular flexibility index (Phi) is 4.81. The van der Waals surface area contributed by atoms with Crippen LogP contribution in [0.2, 0.25) is 0 Å². The van der Waals surface area contributed by atoms with Crippen LogP contribution in [0.3, 0.4) is 0 Å². The van der Waals surface area contributed by atoms with E-state index in [1.807, 2.05) is 4.98 Å². The maximum Gasteiger partial charge on any atom is 0.330 e. The Morgan fingerprint density at radius 2 is 2.19 bits per heavy atom. The van der Waals surface area contributed by atoms with Gasteiger partial charge in [-0.2, -0.15) is 8.78 Å². The van der Waals surface area contributed by atoms with Crippen molar-refractivity contribution >= 4 is 37.9 Å². The first-order valence-electron chi connectivity index (χ1n) is 5.72. The molecule has 0 aliphatic carbocycles. The summed E-state index contributed by atoms with van der Waals surface area (Å²) in [4.78, 5) is 26.5. The smallest absolute Gasteiger partial charge is 0.330 e. The molecule has 1 aromatic heterocycles. The number of aliphatic hydroxyl groups is 1. The van der Waals surface area contributed by atoms with Crippen LogP contribution in [0.15, 0.2) is 20.8 Å². The van der Waals surface area contributed by atoms with Gasteiger partial charge in [0.05, 0.1) is 5.56 Å². The van der Waals surface area contributed by atoms with Crippen LogP contribution in [0, 0.1) is 0 Å². The largest absolute Gasteiger partial charge is 0.384 e. The van der Waals surface area contributed by atoms with Crippen molar-refractivity contribution in [1.82, 2.24) is 9.55 Å². The normalized spacial score (nSPS) is 28.3. The third-order valence-corrected chi connectivity index (χ3v) is 3.92. The molecule has 21 heavy (non-hydrogen) atoms. The van der Waals surface area contributed by atoms with Gasteiger partial charge in [0.15, 0.2) is 0 Å². The van der Waals surface area contributed by atoms with Crippen LogP contribution in [-0.2, 0) is 4.74 Å². The molecule has 2 heterocycles. The third-order valence-electron chi connectivity index (χ3n) is 3.02. The zero-order chi connectivity index (χ0) is 15.8. The zero-order valence-corrected chi connectivity index (χ0v) is 13.5. The maximum atomic E-state index is 14.0. The van der Waals surface area contributed by atoms with E-state index in [4.69, 9.17) is 4.74 Å². The van der Waals surface area contributed by atoms with Crippen molar-refractivity contribution in [3.05, 3.63) is 37.6 Å². The van der Waals surface area contributed by atoms with E-state index in [1.54, 1.807) is 0 Å². The second kappa shape index (κ2) is 6.11. The van der Waals surface area contributed by atoms with Gasteiger partial charge in [-0.15, -0.1) is 0 Å². The van der Waals surface area contributed by atoms with E-state index in [9.17, 15) is 23.5 Å². The van der Waals surface area contributed by atoms with Gasteiger partial charge in [0.2, 0.25) is 6.23 Å². The van der Waals surface area contributed by atoms with Gasteiger partial charge in [-0.05, 0) is 11.1 Å². The highest BCUT2D eigenvalue weighted by molar-refractivity contribution is 9.11. The average Bonchev–Trinajstić information content (AvgIpc) is 2.65. The van der Waals surface area contributed by atoms with Crippen molar-refractivity contribution in [1.29, 1.82) is 0 Å². The fourth-order valence-electron chi connectivity index (χ4n) is 1.96. The summed E-state index contributed by atoms with van der Waals surface area (Å²) < 4.78 is 33.7. The molecule has 0 spiro atoms. The van der Waals surface area contributed by atoms with E-state index in [0.717, 1.165) is 6.20 Å². The van der Waals surface area contributed by atoms with Crippen molar-refractivity contribution in [2.75, 3.05) is 5.33 Å². The first kappa shape index (κ1) is 16.5. The summed E-state index contributed by atoms with van der Waals surface area (Å²) in [6.45, 7) is 0. The fraction of sp³-hybridized carbons (Fsp3) is 0.455. The van der Waals surface area contributed by atoms with E-state index < -0.39 is 35.6 Å². The number of aromatic nitrogens is 2. The lowest BCUT2D eigenvalue weighted by atomic mass is 10.1. The van der Waals surface area contributed by atoms with Crippen LogP contribution < -0.4 is 11.2 Å². The number of ether oxygens (including phenoxy) is 1. The lowest BCUT2D eigenvalue weighted by molar-refractivity contribution is -0.140. The number of hydrogen-bond acceptors (Lipinski definition) is 4. The van der Waals surface area contributed by atoms with E-state index in [2.05, 4.69) is 31.9 Å². The number of H-pyrrole nitrogens is 1. The fourth-order valence-corrected chi connectivity index (χ4v) is 2.75. The number of nitrogens with zero attached hydrogens (tertiary/aromatic N) is 1. The molecule has 0 bridgehead atoms. The standard InChI is InChI=1S/C11H10Br2F2N2O4/c12-2-1-5-4-17(10(20)16-8(5)19)9-11(14,15)7(18)6(3-13)21-9/h1-2,4,6-7,9,18H,3H2,(H,16,19,20)/b2-1+/t6-,7-,9-/m1/s1. The Bertz CT molecular complexity index is 673. The third kappa shape index (κ3) is 2.89. The quantitative estimate of drug-likeness (QED) is 0.704. The van der Waals surface area contributed by atoms with E-state index in [0.29, 0.717) is 4.57 Å². The van der Waals surface area contributed by atoms with Crippen LogP contribution >= 0.6 is 31.9 Å². The minimum absolute atomic E-state index is 0.0114. The van der Waals surface area contributed by atoms with Crippen molar-refractivity contribution in [3.63, 3.8) is 0 Å². The van der Waals surface area contributed by atoms with Gasteiger partial charge < -0.3 is 9.84 Å². The number of nitrogens with one attached hydrogen (secondary N) is 1. The molecule has 2 rings (SSSR count). The van der Waals surface area contributed by atoms with Gasteiger partial charge in [0, 0.05) is 11.5 Å². The molecule has 10 heteroatoms. The van der Waals surface area contributed by atoms with Crippen LogP contribution in [0.5, 0.6) is 0 Å². The van der Waals surface area contributed by atoms with Gasteiger partial charge in [0.25, 0.3) is 5.56 Å². The molecule has 0 radical (unpaired) electrons. The van der Waals surface area contributed by atoms with Crippen molar-refractivity contribution in [3.8, 4) is 0 Å². The lowest BCUT2D eigenvalue weighted by Crippen LogP contribution is -2.43. The van der Waals surface area contributed by atoms with Crippen molar-refractivity contribution in [2.24, 2.45) is 0 Å². The number of halogens is 4. The Morgan fingerprint density at radius 3 is 2.71 bits per heavy atom. The van der Waals surface area contributed by atoms with Crippen LogP contribution in [0.25, 0.3) is 6.08 Å². The maximum absolute atomic E-state index is 14.0. The van der Waals surface area contributed by atoms with E-state index in [-0.39, 0.29) is 10.9 Å². The van der Waals surface area contributed by atoms with Crippen molar-refractivity contribution in [2.45, 2.75) is 24.4 Å². The summed E-state index contributed by atoms with van der Waals surface area (Å²) in [6, 6.07) is 0. The molecule has 0 saturated carbocycles. The molecule has 1 aliphatic rings. The SMILES string of the molecule is O=c1[nH]c(=O)n([C@@H]2O[C@H](CBr)[C@@H](O)C2(F)F)cc1/C=C/Br. The first-order valence-corrected chi connectivity index (χ1v) is 7.76. The molecule has 1 aromatic rings. The van der Waals surface area contributed by atoms with E-state index >= 15 is 0 Å². The average molecular weight is 432 g/mol. The van der Waals surface area contributed by atoms with Gasteiger partial charge in [-0.25, -0.2) is 4.79 Å². The van der Waals surface area contributed by atoms with Crippen molar-refractivity contribution < 1.29 is 18.6 Å². The summed E-state index contributed by atoms with van der Waals surface area (Å²) in [6.07, 6.45) is -2.97. The molecule has 2 N–H and O–H groups in total. The second-order valence-corrected chi connectivity index (χ2v) is 5.52. The summed E-state index contributed by atoms with van der Waals surface area (Å²) in [5, 5.41) is 9.53. The molecule has 0 aromatic carbocycles. The molecular formula is C11H10Br2F2N2O4. The molecule has 0 amide bonds. The van der Waals surface area contributed by atoms with Gasteiger partial charge in [0.1, 0.15) is 12.2 Å². The molecule has 1 saturated heterocycles. The number of aliphatic hydroxyl groups excluding tert-OH is 1. The van der Waals surface area contributed by atoms with Crippen LogP contribution in [0.4, 0.5) is 8.78 Å². The Balaban J connectivity index is 2.54. The lowest BCUT2D eigenvalue weighted by Gasteiger charge is -2.21.